The summed E-state index contributed by atoms with van der Waals surface area (Å²) in [6, 6.07) is 0. The number of nitrogens with one attached hydrogen (secondary N) is 3. The molecule has 3 N–H and O–H groups in total. The molecule has 18 heteroatoms. The Kier molecular flexibility index (Phi) is 14.1. The molecule has 258 valence electrons. The second-order valence-corrected chi connectivity index (χ2v) is 10.5. The van der Waals surface area contributed by atoms with Gasteiger partial charge in [-0.1, -0.05) is 0 Å². The zero-order chi connectivity index (χ0) is 34.1. The highest BCUT2D eigenvalue weighted by atomic mass is 16.5. The fraction of sp³-hybridized carbons (Fsp3) is 0.500. The summed E-state index contributed by atoms with van der Waals surface area (Å²) < 4.78 is 13.8. The highest BCUT2D eigenvalue weighted by Gasteiger charge is 2.17. The number of carbonyl (C=O) groups excluding carboxylic acids is 3. The monoisotopic (exact) mass is 666 g/mol. The van der Waals surface area contributed by atoms with E-state index >= 15 is 0 Å². The number of methoxy groups -OCH3 is 3. The minimum atomic E-state index is -0.454. The van der Waals surface area contributed by atoms with Crippen molar-refractivity contribution in [1.29, 1.82) is 0 Å². The molecule has 3 aliphatic heterocycles. The lowest BCUT2D eigenvalue weighted by molar-refractivity contribution is 0.0585. The number of hydrogen-bond acceptors (Lipinski definition) is 18. The highest BCUT2D eigenvalue weighted by molar-refractivity contribution is 5.88. The second-order valence-electron chi connectivity index (χ2n) is 10.5. The van der Waals surface area contributed by atoms with Crippen LogP contribution < -0.4 is 30.7 Å². The van der Waals surface area contributed by atoms with Crippen molar-refractivity contribution in [2.24, 2.45) is 0 Å². The van der Waals surface area contributed by atoms with E-state index in [1.54, 1.807) is 18.6 Å². The van der Waals surface area contributed by atoms with E-state index in [4.69, 9.17) is 0 Å². The number of nitrogens with zero attached hydrogens (tertiary/aromatic N) is 9. The lowest BCUT2D eigenvalue weighted by Crippen LogP contribution is -2.44. The van der Waals surface area contributed by atoms with Gasteiger partial charge < -0.3 is 44.9 Å². The first-order valence-corrected chi connectivity index (χ1v) is 15.5. The van der Waals surface area contributed by atoms with Crippen molar-refractivity contribution in [2.75, 3.05) is 115 Å². The van der Waals surface area contributed by atoms with Crippen molar-refractivity contribution < 1.29 is 28.6 Å². The largest absolute Gasteiger partial charge is 0.464 e. The number of hydrogen-bond donors (Lipinski definition) is 3. The van der Waals surface area contributed by atoms with E-state index in [1.807, 2.05) is 0 Å². The van der Waals surface area contributed by atoms with E-state index in [2.05, 4.69) is 74.8 Å². The predicted octanol–water partition coefficient (Wildman–Crippen LogP) is -0.982. The third-order valence-electron chi connectivity index (χ3n) is 7.37. The Morgan fingerprint density at radius 2 is 0.729 bits per heavy atom. The van der Waals surface area contributed by atoms with Gasteiger partial charge in [0, 0.05) is 78.5 Å². The summed E-state index contributed by atoms with van der Waals surface area (Å²) in [6.07, 6.45) is 9.24. The SMILES string of the molecule is COC(=O)c1cncc(N2CCNCC2)n1.COC(=O)c1cncc(N2CCNCC2)n1.COC(=O)c1cncc(N2CCNCC2)n1. The Balaban J connectivity index is 0.000000163. The van der Waals surface area contributed by atoms with Crippen molar-refractivity contribution in [3.05, 3.63) is 54.3 Å². The molecule has 18 nitrogen and oxygen atoms in total. The number of esters is 3. The van der Waals surface area contributed by atoms with E-state index in [0.29, 0.717) is 0 Å². The van der Waals surface area contributed by atoms with Gasteiger partial charge in [0.1, 0.15) is 17.5 Å². The molecule has 0 aromatic carbocycles. The Morgan fingerprint density at radius 1 is 0.479 bits per heavy atom. The molecule has 3 fully saturated rings. The summed E-state index contributed by atoms with van der Waals surface area (Å²) >= 11 is 0. The predicted molar refractivity (Wildman–Crippen MR) is 175 cm³/mol. The van der Waals surface area contributed by atoms with Gasteiger partial charge in [-0.05, 0) is 0 Å². The maximum Gasteiger partial charge on any atom is 0.358 e. The molecule has 0 amide bonds. The van der Waals surface area contributed by atoms with E-state index < -0.39 is 17.9 Å². The summed E-state index contributed by atoms with van der Waals surface area (Å²) in [6.45, 7) is 10.8. The van der Waals surface area contributed by atoms with Gasteiger partial charge in [0.25, 0.3) is 0 Å². The van der Waals surface area contributed by atoms with Crippen LogP contribution in [0.5, 0.6) is 0 Å². The van der Waals surface area contributed by atoms with E-state index in [0.717, 1.165) is 96.0 Å². The van der Waals surface area contributed by atoms with Crippen LogP contribution in [0.2, 0.25) is 0 Å². The number of piperazine rings is 3. The molecule has 3 saturated heterocycles. The Hall–Kier alpha value is -5.07. The summed E-state index contributed by atoms with van der Waals surface area (Å²) in [4.78, 5) is 64.9. The Bertz CT molecular complexity index is 1310. The van der Waals surface area contributed by atoms with Crippen LogP contribution in [0.4, 0.5) is 17.5 Å². The van der Waals surface area contributed by atoms with Gasteiger partial charge in [-0.3, -0.25) is 15.0 Å². The summed E-state index contributed by atoms with van der Waals surface area (Å²) in [5, 5.41) is 9.75. The fourth-order valence-corrected chi connectivity index (χ4v) is 4.81. The van der Waals surface area contributed by atoms with Gasteiger partial charge in [-0.15, -0.1) is 0 Å². The normalized spacial score (nSPS) is 15.9. The van der Waals surface area contributed by atoms with Crippen LogP contribution in [-0.2, 0) is 14.2 Å². The van der Waals surface area contributed by atoms with Gasteiger partial charge in [-0.25, -0.2) is 29.3 Å². The van der Waals surface area contributed by atoms with Crippen LogP contribution >= 0.6 is 0 Å². The average molecular weight is 667 g/mol. The zero-order valence-electron chi connectivity index (χ0n) is 27.4. The molecule has 3 aromatic heterocycles. The van der Waals surface area contributed by atoms with Crippen LogP contribution in [0, 0.1) is 0 Å². The van der Waals surface area contributed by atoms with Crippen molar-refractivity contribution in [2.45, 2.75) is 0 Å². The van der Waals surface area contributed by atoms with Gasteiger partial charge in [-0.2, -0.15) is 0 Å². The second kappa shape index (κ2) is 18.9. The molecule has 48 heavy (non-hydrogen) atoms. The Morgan fingerprint density at radius 3 is 0.958 bits per heavy atom. The lowest BCUT2D eigenvalue weighted by atomic mass is 10.3. The zero-order valence-corrected chi connectivity index (χ0v) is 27.4. The number of aromatic nitrogens is 6. The van der Waals surface area contributed by atoms with E-state index in [-0.39, 0.29) is 17.1 Å². The molecule has 6 heterocycles. The van der Waals surface area contributed by atoms with Crippen molar-refractivity contribution >= 4 is 35.4 Å². The van der Waals surface area contributed by atoms with Crippen LogP contribution in [0.15, 0.2) is 37.2 Å². The quantitative estimate of drug-likeness (QED) is 0.214. The van der Waals surface area contributed by atoms with Crippen LogP contribution in [0.25, 0.3) is 0 Å². The molecule has 0 radical (unpaired) electrons. The number of carbonyl (C=O) groups is 3. The third kappa shape index (κ3) is 10.5. The molecule has 0 unspecified atom stereocenters. The minimum Gasteiger partial charge on any atom is -0.464 e. The smallest absolute Gasteiger partial charge is 0.358 e. The van der Waals surface area contributed by atoms with Crippen LogP contribution in [0.3, 0.4) is 0 Å². The maximum atomic E-state index is 11.3. The molecule has 6 rings (SSSR count). The van der Waals surface area contributed by atoms with Gasteiger partial charge in [0.15, 0.2) is 17.1 Å². The fourth-order valence-electron chi connectivity index (χ4n) is 4.81. The molecule has 3 aliphatic rings. The molecule has 0 bridgehead atoms. The van der Waals surface area contributed by atoms with Gasteiger partial charge in [0.05, 0.1) is 58.5 Å². The average Bonchev–Trinajstić information content (AvgIpc) is 3.18. The van der Waals surface area contributed by atoms with Gasteiger partial charge in [0.2, 0.25) is 0 Å². The first-order valence-electron chi connectivity index (χ1n) is 15.5. The third-order valence-corrected chi connectivity index (χ3v) is 7.37. The summed E-state index contributed by atoms with van der Waals surface area (Å²) in [5.74, 6) is 0.816. The molecule has 0 spiro atoms. The van der Waals surface area contributed by atoms with Crippen LogP contribution in [-0.4, -0.2) is 148 Å². The molecular weight excluding hydrogens is 624 g/mol. The Labute approximate surface area is 278 Å². The van der Waals surface area contributed by atoms with E-state index in [1.165, 1.54) is 39.9 Å². The summed E-state index contributed by atoms with van der Waals surface area (Å²) in [7, 11) is 4.00. The van der Waals surface area contributed by atoms with Crippen LogP contribution in [0.1, 0.15) is 31.5 Å². The summed E-state index contributed by atoms with van der Waals surface area (Å²) in [5.41, 5.74) is 0.746. The molecule has 0 atom stereocenters. The molecular formula is C30H42N12O6. The minimum absolute atomic E-state index is 0.249. The number of rotatable bonds is 6. The number of ether oxygens (including phenoxy) is 3. The highest BCUT2D eigenvalue weighted by Crippen LogP contribution is 2.13. The first-order chi connectivity index (χ1) is 23.4. The molecule has 0 saturated carbocycles. The van der Waals surface area contributed by atoms with Crippen molar-refractivity contribution in [3.63, 3.8) is 0 Å². The lowest BCUT2D eigenvalue weighted by Gasteiger charge is -2.28. The van der Waals surface area contributed by atoms with Gasteiger partial charge >= 0.3 is 17.9 Å². The first kappa shape index (κ1) is 35.8. The maximum absolute atomic E-state index is 11.3. The van der Waals surface area contributed by atoms with Crippen molar-refractivity contribution in [3.8, 4) is 0 Å². The number of anilines is 3. The topological polar surface area (TPSA) is 202 Å². The molecule has 3 aromatic rings. The molecule has 0 aliphatic carbocycles. The van der Waals surface area contributed by atoms with Crippen molar-refractivity contribution in [1.82, 2.24) is 45.9 Å². The van der Waals surface area contributed by atoms with E-state index in [9.17, 15) is 14.4 Å². The standard InChI is InChI=1S/3C10H14N4O2/c3*1-16-10(15)8-6-12-7-9(13-8)14-4-2-11-3-5-14/h3*6-7,11H,2-5H2,1H3.